The van der Waals surface area contributed by atoms with Crippen molar-refractivity contribution in [2.45, 2.75) is 37.9 Å². The van der Waals surface area contributed by atoms with Gasteiger partial charge < -0.3 is 14.6 Å². The van der Waals surface area contributed by atoms with Crippen LogP contribution in [0, 0.1) is 17.0 Å². The average molecular weight is 523 g/mol. The molecule has 0 atom stereocenters. The summed E-state index contributed by atoms with van der Waals surface area (Å²) in [4.78, 5) is 42.9. The Balaban J connectivity index is 1.31. The van der Waals surface area contributed by atoms with Gasteiger partial charge in [-0.05, 0) is 49.6 Å². The number of furan rings is 1. The highest BCUT2D eigenvalue weighted by molar-refractivity contribution is 7.98. The highest BCUT2D eigenvalue weighted by Crippen LogP contribution is 2.30. The zero-order chi connectivity index (χ0) is 26.2. The fourth-order valence-electron chi connectivity index (χ4n) is 4.45. The number of thioether (sulfide) groups is 1. The lowest BCUT2D eigenvalue weighted by atomic mass is 9.89. The Morgan fingerprint density at radius 1 is 1.19 bits per heavy atom. The quantitative estimate of drug-likeness (QED) is 0.236. The van der Waals surface area contributed by atoms with Crippen LogP contribution in [0.5, 0.6) is 0 Å². The monoisotopic (exact) mass is 522 g/mol. The number of likely N-dealkylation sites (tertiary alicyclic amines) is 1. The Morgan fingerprint density at radius 3 is 2.73 bits per heavy atom. The summed E-state index contributed by atoms with van der Waals surface area (Å²) in [6.07, 6.45) is 3.19. The Morgan fingerprint density at radius 2 is 2.00 bits per heavy atom. The predicted octanol–water partition coefficient (Wildman–Crippen LogP) is 4.50. The molecule has 0 spiro atoms. The Labute approximate surface area is 219 Å². The molecule has 2 amide bonds. The van der Waals surface area contributed by atoms with E-state index in [-0.39, 0.29) is 29.8 Å². The molecule has 3 heterocycles. The van der Waals surface area contributed by atoms with Crippen molar-refractivity contribution in [2.75, 3.05) is 25.4 Å². The van der Waals surface area contributed by atoms with Gasteiger partial charge in [0.15, 0.2) is 0 Å². The normalized spacial score (nSPS) is 13.9. The summed E-state index contributed by atoms with van der Waals surface area (Å²) in [5.41, 5.74) is 2.83. The number of nitrogens with zero attached hydrogens (tertiary/aromatic N) is 3. The molecule has 3 aromatic rings. The SMILES string of the molecule is Cc1ccc(C(=O)NCCSCc2ccco2)c(C2CCN(C(=O)Cc3cccc([N+](=O)[O-])c3)CC2)n1. The van der Waals surface area contributed by atoms with Crippen LogP contribution in [0.1, 0.15) is 51.8 Å². The van der Waals surface area contributed by atoms with Crippen LogP contribution in [-0.2, 0) is 17.0 Å². The van der Waals surface area contributed by atoms with E-state index in [1.807, 2.05) is 31.2 Å². The van der Waals surface area contributed by atoms with Gasteiger partial charge in [0.25, 0.3) is 11.6 Å². The molecule has 1 N–H and O–H groups in total. The van der Waals surface area contributed by atoms with Crippen molar-refractivity contribution in [3.63, 3.8) is 0 Å². The number of aryl methyl sites for hydroxylation is 1. The minimum absolute atomic E-state index is 0.0172. The van der Waals surface area contributed by atoms with Gasteiger partial charge in [0, 0.05) is 49.1 Å². The zero-order valence-electron chi connectivity index (χ0n) is 20.7. The number of pyridine rings is 1. The van der Waals surface area contributed by atoms with Gasteiger partial charge in [0.05, 0.1) is 34.6 Å². The smallest absolute Gasteiger partial charge is 0.269 e. The average Bonchev–Trinajstić information content (AvgIpc) is 3.42. The van der Waals surface area contributed by atoms with Crippen LogP contribution in [0.25, 0.3) is 0 Å². The third-order valence-electron chi connectivity index (χ3n) is 6.38. The number of piperidine rings is 1. The van der Waals surface area contributed by atoms with E-state index in [4.69, 9.17) is 9.40 Å². The fourth-order valence-corrected chi connectivity index (χ4v) is 5.20. The Hall–Kier alpha value is -3.66. The Kier molecular flexibility index (Phi) is 8.95. The van der Waals surface area contributed by atoms with Crippen molar-refractivity contribution in [3.8, 4) is 0 Å². The molecule has 1 saturated heterocycles. The highest BCUT2D eigenvalue weighted by Gasteiger charge is 2.28. The second kappa shape index (κ2) is 12.5. The van der Waals surface area contributed by atoms with Gasteiger partial charge in [-0.15, -0.1) is 0 Å². The lowest BCUT2D eigenvalue weighted by Gasteiger charge is -2.32. The molecular formula is C27H30N4O5S. The van der Waals surface area contributed by atoms with Crippen LogP contribution < -0.4 is 5.32 Å². The molecule has 1 fully saturated rings. The van der Waals surface area contributed by atoms with Crippen LogP contribution in [0.15, 0.2) is 59.2 Å². The molecule has 37 heavy (non-hydrogen) atoms. The van der Waals surface area contributed by atoms with E-state index < -0.39 is 4.92 Å². The third-order valence-corrected chi connectivity index (χ3v) is 7.36. The fraction of sp³-hybridized carbons (Fsp3) is 0.370. The first kappa shape index (κ1) is 26.4. The molecule has 4 rings (SSSR count). The number of benzene rings is 1. The van der Waals surface area contributed by atoms with E-state index in [1.54, 1.807) is 35.1 Å². The second-order valence-electron chi connectivity index (χ2n) is 9.03. The maximum absolute atomic E-state index is 13.0. The van der Waals surface area contributed by atoms with E-state index in [0.29, 0.717) is 43.6 Å². The number of nitro groups is 1. The summed E-state index contributed by atoms with van der Waals surface area (Å²) in [7, 11) is 0. The largest absolute Gasteiger partial charge is 0.468 e. The predicted molar refractivity (Wildman–Crippen MR) is 142 cm³/mol. The van der Waals surface area contributed by atoms with Crippen LogP contribution >= 0.6 is 11.8 Å². The molecule has 194 valence electrons. The van der Waals surface area contributed by atoms with Gasteiger partial charge in [-0.25, -0.2) is 0 Å². The molecule has 0 bridgehead atoms. The van der Waals surface area contributed by atoms with Crippen molar-refractivity contribution in [1.82, 2.24) is 15.2 Å². The molecule has 0 unspecified atom stereocenters. The molecule has 9 nitrogen and oxygen atoms in total. The van der Waals surface area contributed by atoms with Crippen LogP contribution in [0.3, 0.4) is 0 Å². The summed E-state index contributed by atoms with van der Waals surface area (Å²) < 4.78 is 5.32. The summed E-state index contributed by atoms with van der Waals surface area (Å²) >= 11 is 1.69. The first-order valence-corrected chi connectivity index (χ1v) is 13.4. The molecule has 1 aromatic carbocycles. The van der Waals surface area contributed by atoms with Gasteiger partial charge >= 0.3 is 0 Å². The first-order valence-electron chi connectivity index (χ1n) is 12.3. The van der Waals surface area contributed by atoms with Crippen LogP contribution in [0.2, 0.25) is 0 Å². The van der Waals surface area contributed by atoms with Crippen molar-refractivity contribution in [2.24, 2.45) is 0 Å². The van der Waals surface area contributed by atoms with Gasteiger partial charge in [-0.1, -0.05) is 12.1 Å². The first-order chi connectivity index (χ1) is 17.9. The molecule has 10 heteroatoms. The summed E-state index contributed by atoms with van der Waals surface area (Å²) in [5.74, 6) is 2.34. The molecule has 0 aliphatic carbocycles. The minimum Gasteiger partial charge on any atom is -0.468 e. The number of nitro benzene ring substituents is 1. The van der Waals surface area contributed by atoms with Gasteiger partial charge in [0.1, 0.15) is 5.76 Å². The summed E-state index contributed by atoms with van der Waals surface area (Å²) in [6, 6.07) is 13.7. The molecule has 0 radical (unpaired) electrons. The third kappa shape index (κ3) is 7.19. The van der Waals surface area contributed by atoms with Gasteiger partial charge in [-0.3, -0.25) is 24.7 Å². The Bertz CT molecular complexity index is 1240. The van der Waals surface area contributed by atoms with Gasteiger partial charge in [-0.2, -0.15) is 11.8 Å². The number of hydrogen-bond acceptors (Lipinski definition) is 7. The number of carbonyl (C=O) groups is 2. The summed E-state index contributed by atoms with van der Waals surface area (Å²) in [5, 5.41) is 14.0. The number of nitrogens with one attached hydrogen (secondary N) is 1. The summed E-state index contributed by atoms with van der Waals surface area (Å²) in [6.45, 7) is 3.56. The van der Waals surface area contributed by atoms with Crippen LogP contribution in [-0.4, -0.2) is 52.0 Å². The van der Waals surface area contributed by atoms with E-state index >= 15 is 0 Å². The minimum atomic E-state index is -0.457. The zero-order valence-corrected chi connectivity index (χ0v) is 21.5. The van der Waals surface area contributed by atoms with Crippen LogP contribution in [0.4, 0.5) is 5.69 Å². The molecule has 1 aliphatic rings. The standard InChI is InChI=1S/C27H30N4O5S/c1-19-7-8-24(27(33)28-11-15-37-18-23-6-3-14-36-23)26(29-19)21-9-12-30(13-10-21)25(32)17-20-4-2-5-22(16-20)31(34)35/h2-8,14,16,21H,9-13,15,17-18H2,1H3,(H,28,33). The van der Waals surface area contributed by atoms with E-state index in [0.717, 1.165) is 28.7 Å². The maximum atomic E-state index is 13.0. The highest BCUT2D eigenvalue weighted by atomic mass is 32.2. The van der Waals surface area contributed by atoms with Gasteiger partial charge in [0.2, 0.25) is 5.91 Å². The number of aromatic nitrogens is 1. The van der Waals surface area contributed by atoms with Crippen molar-refractivity contribution < 1.29 is 18.9 Å². The number of hydrogen-bond donors (Lipinski definition) is 1. The molecule has 1 aliphatic heterocycles. The van der Waals surface area contributed by atoms with E-state index in [1.165, 1.54) is 12.1 Å². The molecule has 0 saturated carbocycles. The van der Waals surface area contributed by atoms with E-state index in [9.17, 15) is 19.7 Å². The number of non-ortho nitro benzene ring substituents is 1. The second-order valence-corrected chi connectivity index (χ2v) is 10.1. The number of amides is 2. The maximum Gasteiger partial charge on any atom is 0.269 e. The molecule has 2 aromatic heterocycles. The van der Waals surface area contributed by atoms with Crippen molar-refractivity contribution >= 4 is 29.3 Å². The lowest BCUT2D eigenvalue weighted by Crippen LogP contribution is -2.39. The van der Waals surface area contributed by atoms with Crippen molar-refractivity contribution in [1.29, 1.82) is 0 Å². The number of carbonyl (C=O) groups excluding carboxylic acids is 2. The lowest BCUT2D eigenvalue weighted by molar-refractivity contribution is -0.384. The number of rotatable bonds is 10. The topological polar surface area (TPSA) is 119 Å². The molecular weight excluding hydrogens is 492 g/mol. The van der Waals surface area contributed by atoms with Crippen molar-refractivity contribution in [3.05, 3.63) is 93.2 Å². The van der Waals surface area contributed by atoms with E-state index in [2.05, 4.69) is 5.32 Å².